The third kappa shape index (κ3) is 2.47. The first-order chi connectivity index (χ1) is 9.79. The maximum Gasteiger partial charge on any atom is 0.325 e. The van der Waals surface area contributed by atoms with E-state index < -0.39 is 39.5 Å². The molecule has 1 amide bonds. The van der Waals surface area contributed by atoms with Gasteiger partial charge in [0.15, 0.2) is 0 Å². The van der Waals surface area contributed by atoms with Crippen LogP contribution in [0.15, 0.2) is 12.2 Å². The fraction of sp³-hybridized carbons (Fsp3) is 0.667. The van der Waals surface area contributed by atoms with Gasteiger partial charge in [-0.15, -0.1) is 11.8 Å². The molecule has 0 aliphatic carbocycles. The van der Waals surface area contributed by atoms with E-state index in [1.54, 1.807) is 0 Å². The second kappa shape index (κ2) is 4.99. The Balaban J connectivity index is 1.59. The first-order valence-electron chi connectivity index (χ1n) is 6.50. The van der Waals surface area contributed by atoms with E-state index in [1.165, 1.54) is 18.7 Å². The van der Waals surface area contributed by atoms with Crippen molar-refractivity contribution in [2.45, 2.75) is 41.3 Å². The molecule has 3 heterocycles. The van der Waals surface area contributed by atoms with Crippen LogP contribution in [-0.2, 0) is 28.6 Å². The van der Waals surface area contributed by atoms with Gasteiger partial charge in [-0.25, -0.2) is 0 Å². The molecule has 0 saturated carbocycles. The smallest absolute Gasteiger partial charge is 0.325 e. The lowest BCUT2D eigenvalue weighted by molar-refractivity contribution is -0.152. The monoisotopic (exact) mass is 333 g/mol. The quantitative estimate of drug-likeness (QED) is 0.424. The summed E-state index contributed by atoms with van der Waals surface area (Å²) >= 11 is 1.51. The number of esters is 1. The predicted molar refractivity (Wildman–Crippen MR) is 75.1 cm³/mol. The lowest BCUT2D eigenvalue weighted by atomic mass is 9.94. The molecular formula is C12H15NO6S2. The molecule has 5 unspecified atom stereocenters. The zero-order valence-corrected chi connectivity index (χ0v) is 12.9. The minimum absolute atomic E-state index is 0.0527. The number of carbonyl (C=O) groups excluding carboxylic acids is 2. The maximum atomic E-state index is 11.8. The molecule has 116 valence electrons. The van der Waals surface area contributed by atoms with E-state index in [4.69, 9.17) is 8.92 Å². The van der Waals surface area contributed by atoms with E-state index in [1.807, 2.05) is 0 Å². The molecule has 1 N–H and O–H groups in total. The number of rotatable bonds is 4. The maximum absolute atomic E-state index is 11.8. The summed E-state index contributed by atoms with van der Waals surface area (Å²) in [4.78, 5) is 23.1. The number of fused-ring (bicyclic) bond motifs is 1. The summed E-state index contributed by atoms with van der Waals surface area (Å²) in [7, 11) is -3.53. The normalized spacial score (nSPS) is 38.2. The molecule has 9 heteroatoms. The highest BCUT2D eigenvalue weighted by Gasteiger charge is 2.66. The fourth-order valence-electron chi connectivity index (χ4n) is 2.86. The van der Waals surface area contributed by atoms with Gasteiger partial charge in [0.2, 0.25) is 5.91 Å². The Hall–Kier alpha value is -1.06. The van der Waals surface area contributed by atoms with Gasteiger partial charge in [0, 0.05) is 10.8 Å². The number of hydrogen-bond donors (Lipinski definition) is 1. The topological polar surface area (TPSA) is 98.8 Å². The molecule has 0 aromatic heterocycles. The van der Waals surface area contributed by atoms with Crippen molar-refractivity contribution in [3.63, 3.8) is 0 Å². The van der Waals surface area contributed by atoms with Crippen molar-refractivity contribution in [3.8, 4) is 0 Å². The Labute approximate surface area is 126 Å². The number of thioether (sulfide) groups is 1. The lowest BCUT2D eigenvalue weighted by Gasteiger charge is -2.23. The van der Waals surface area contributed by atoms with Gasteiger partial charge in [0.25, 0.3) is 10.1 Å². The van der Waals surface area contributed by atoms with Gasteiger partial charge in [-0.05, 0) is 13.3 Å². The number of carbonyl (C=O) groups is 2. The van der Waals surface area contributed by atoms with Crippen molar-refractivity contribution in [2.24, 2.45) is 0 Å². The lowest BCUT2D eigenvalue weighted by Crippen LogP contribution is -2.43. The van der Waals surface area contributed by atoms with Crippen LogP contribution in [-0.4, -0.2) is 54.8 Å². The first kappa shape index (κ1) is 14.9. The Morgan fingerprint density at radius 1 is 1.48 bits per heavy atom. The van der Waals surface area contributed by atoms with Crippen LogP contribution in [0.4, 0.5) is 0 Å². The molecule has 3 fully saturated rings. The SMILES string of the molecule is C=C(C)C(=O)NCC(=O)OC1C2CC3C(S2)C1OS3(=O)=O. The van der Waals surface area contributed by atoms with Gasteiger partial charge >= 0.3 is 5.97 Å². The van der Waals surface area contributed by atoms with Crippen molar-refractivity contribution >= 4 is 33.8 Å². The van der Waals surface area contributed by atoms with Crippen molar-refractivity contribution in [1.29, 1.82) is 0 Å². The zero-order chi connectivity index (χ0) is 15.4. The predicted octanol–water partition coefficient (Wildman–Crippen LogP) is -0.425. The summed E-state index contributed by atoms with van der Waals surface area (Å²) in [5.74, 6) is -1.03. The highest BCUT2D eigenvalue weighted by Crippen LogP contribution is 2.55. The average molecular weight is 333 g/mol. The van der Waals surface area contributed by atoms with Crippen LogP contribution in [0.5, 0.6) is 0 Å². The summed E-state index contributed by atoms with van der Waals surface area (Å²) in [6.45, 7) is 4.72. The van der Waals surface area contributed by atoms with Crippen LogP contribution in [0, 0.1) is 0 Å². The molecule has 0 spiro atoms. The number of amides is 1. The van der Waals surface area contributed by atoms with Crippen LogP contribution in [0.3, 0.4) is 0 Å². The molecule has 21 heavy (non-hydrogen) atoms. The van der Waals surface area contributed by atoms with Gasteiger partial charge in [0.1, 0.15) is 24.0 Å². The highest BCUT2D eigenvalue weighted by atomic mass is 32.2. The Morgan fingerprint density at radius 3 is 2.86 bits per heavy atom. The Bertz CT molecular complexity index is 615. The zero-order valence-electron chi connectivity index (χ0n) is 11.3. The molecule has 3 aliphatic heterocycles. The van der Waals surface area contributed by atoms with Crippen molar-refractivity contribution < 1.29 is 26.9 Å². The molecule has 0 radical (unpaired) electrons. The van der Waals surface area contributed by atoms with Gasteiger partial charge in [-0.2, -0.15) is 8.42 Å². The van der Waals surface area contributed by atoms with Gasteiger partial charge in [-0.3, -0.25) is 13.8 Å². The largest absolute Gasteiger partial charge is 0.457 e. The summed E-state index contributed by atoms with van der Waals surface area (Å²) < 4.78 is 33.9. The first-order valence-corrected chi connectivity index (χ1v) is 8.92. The van der Waals surface area contributed by atoms with Crippen molar-refractivity contribution in [3.05, 3.63) is 12.2 Å². The van der Waals surface area contributed by atoms with E-state index in [-0.39, 0.29) is 17.0 Å². The molecular weight excluding hydrogens is 318 g/mol. The average Bonchev–Trinajstić information content (AvgIpc) is 2.99. The third-order valence-electron chi connectivity index (χ3n) is 3.84. The minimum atomic E-state index is -3.53. The van der Waals surface area contributed by atoms with E-state index >= 15 is 0 Å². The number of nitrogens with one attached hydrogen (secondary N) is 1. The van der Waals surface area contributed by atoms with Crippen LogP contribution >= 0.6 is 11.8 Å². The van der Waals surface area contributed by atoms with E-state index in [9.17, 15) is 18.0 Å². The molecule has 0 aromatic rings. The number of hydrogen-bond acceptors (Lipinski definition) is 7. The third-order valence-corrected chi connectivity index (χ3v) is 7.45. The van der Waals surface area contributed by atoms with Gasteiger partial charge < -0.3 is 10.1 Å². The molecule has 2 bridgehead atoms. The van der Waals surface area contributed by atoms with Crippen LogP contribution in [0.2, 0.25) is 0 Å². The van der Waals surface area contributed by atoms with Crippen molar-refractivity contribution in [2.75, 3.05) is 6.54 Å². The standard InChI is InChI=1S/C12H15NO6S2/c1-5(2)12(15)13-4-8(14)18-9-6-3-7-11(20-6)10(9)19-21(7,16)17/h6-7,9-11H,1,3-4H2,2H3,(H,13,15). The molecule has 0 aromatic carbocycles. The van der Waals surface area contributed by atoms with E-state index in [0.717, 1.165) is 0 Å². The summed E-state index contributed by atoms with van der Waals surface area (Å²) in [5, 5.41) is 1.70. The molecule has 3 saturated heterocycles. The van der Waals surface area contributed by atoms with Gasteiger partial charge in [0.05, 0.1) is 5.25 Å². The Kier molecular flexibility index (Phi) is 3.53. The summed E-state index contributed by atoms with van der Waals surface area (Å²) in [6.07, 6.45) is -0.711. The summed E-state index contributed by atoms with van der Waals surface area (Å²) in [6, 6.07) is 0. The number of ether oxygens (including phenoxy) is 1. The molecule has 5 atom stereocenters. The Morgan fingerprint density at radius 2 is 2.19 bits per heavy atom. The molecule has 3 rings (SSSR count). The molecule has 7 nitrogen and oxygen atoms in total. The van der Waals surface area contributed by atoms with Crippen LogP contribution in [0.25, 0.3) is 0 Å². The second-order valence-corrected chi connectivity index (χ2v) is 8.59. The second-order valence-electron chi connectivity index (χ2n) is 5.38. The molecule has 3 aliphatic rings. The summed E-state index contributed by atoms with van der Waals surface area (Å²) in [5.41, 5.74) is 0.298. The fourth-order valence-corrected chi connectivity index (χ4v) is 7.00. The van der Waals surface area contributed by atoms with Crippen molar-refractivity contribution in [1.82, 2.24) is 5.32 Å². The highest BCUT2D eigenvalue weighted by molar-refractivity contribution is 8.03. The van der Waals surface area contributed by atoms with Gasteiger partial charge in [-0.1, -0.05) is 6.58 Å². The van der Waals surface area contributed by atoms with E-state index in [2.05, 4.69) is 11.9 Å². The van der Waals surface area contributed by atoms with Crippen LogP contribution in [0.1, 0.15) is 13.3 Å². The van der Waals surface area contributed by atoms with E-state index in [0.29, 0.717) is 12.0 Å². The van der Waals surface area contributed by atoms with Crippen LogP contribution < -0.4 is 5.32 Å². The minimum Gasteiger partial charge on any atom is -0.457 e.